The highest BCUT2D eigenvalue weighted by Crippen LogP contribution is 2.36. The van der Waals surface area contributed by atoms with Crippen molar-refractivity contribution >= 4 is 11.7 Å². The molecular formula is C13H17F3N4O. The number of carbonyl (C=O) groups excluding carboxylic acids is 1. The Balaban J connectivity index is 2.41. The van der Waals surface area contributed by atoms with E-state index >= 15 is 0 Å². The van der Waals surface area contributed by atoms with Gasteiger partial charge in [-0.05, 0) is 12.1 Å². The maximum Gasteiger partial charge on any atom is 0.419 e. The van der Waals surface area contributed by atoms with Crippen LogP contribution >= 0.6 is 0 Å². The van der Waals surface area contributed by atoms with Gasteiger partial charge in [-0.3, -0.25) is 4.79 Å². The van der Waals surface area contributed by atoms with Crippen molar-refractivity contribution in [1.82, 2.24) is 15.2 Å². The summed E-state index contributed by atoms with van der Waals surface area (Å²) in [7, 11) is 3.16. The van der Waals surface area contributed by atoms with Crippen LogP contribution in [0.25, 0.3) is 0 Å². The molecule has 1 aromatic heterocycles. The Morgan fingerprint density at radius 1 is 1.48 bits per heavy atom. The van der Waals surface area contributed by atoms with Gasteiger partial charge < -0.3 is 15.1 Å². The summed E-state index contributed by atoms with van der Waals surface area (Å²) >= 11 is 0. The lowest BCUT2D eigenvalue weighted by atomic mass is 10.1. The number of amides is 1. The molecule has 2 heterocycles. The molecule has 0 saturated carbocycles. The third-order valence-electron chi connectivity index (χ3n) is 3.33. The zero-order valence-electron chi connectivity index (χ0n) is 11.8. The predicted octanol–water partition coefficient (Wildman–Crippen LogP) is 0.967. The van der Waals surface area contributed by atoms with Gasteiger partial charge in [-0.1, -0.05) is 0 Å². The predicted molar refractivity (Wildman–Crippen MR) is 71.9 cm³/mol. The molecule has 0 aliphatic carbocycles. The molecule has 21 heavy (non-hydrogen) atoms. The van der Waals surface area contributed by atoms with E-state index in [2.05, 4.69) is 10.3 Å². The van der Waals surface area contributed by atoms with Gasteiger partial charge in [-0.25, -0.2) is 4.98 Å². The third kappa shape index (κ3) is 3.26. The van der Waals surface area contributed by atoms with E-state index in [0.717, 1.165) is 6.07 Å². The van der Waals surface area contributed by atoms with E-state index in [0.29, 0.717) is 19.6 Å². The number of piperazine rings is 1. The molecule has 5 nitrogen and oxygen atoms in total. The van der Waals surface area contributed by atoms with Crippen LogP contribution < -0.4 is 10.2 Å². The molecule has 1 amide bonds. The number of alkyl halides is 3. The molecule has 0 bridgehead atoms. The normalized spacial score (nSPS) is 19.5. The smallest absolute Gasteiger partial charge is 0.347 e. The van der Waals surface area contributed by atoms with Gasteiger partial charge in [0, 0.05) is 39.9 Å². The van der Waals surface area contributed by atoms with Crippen molar-refractivity contribution in [3.63, 3.8) is 0 Å². The van der Waals surface area contributed by atoms with Gasteiger partial charge in [0.05, 0.1) is 5.56 Å². The molecule has 0 radical (unpaired) electrons. The number of pyridine rings is 1. The van der Waals surface area contributed by atoms with Crippen molar-refractivity contribution in [2.45, 2.75) is 12.2 Å². The summed E-state index contributed by atoms with van der Waals surface area (Å²) in [6.07, 6.45) is -3.19. The van der Waals surface area contributed by atoms with E-state index in [1.54, 1.807) is 14.1 Å². The highest BCUT2D eigenvalue weighted by atomic mass is 19.4. The molecule has 1 unspecified atom stereocenters. The van der Waals surface area contributed by atoms with Crippen molar-refractivity contribution in [3.05, 3.63) is 23.9 Å². The standard InChI is InChI=1S/C13H17F3N4O/c1-19(2)12(21)10-8-17-6-7-20(10)11-9(13(14,15)16)4-3-5-18-11/h3-5,10,17H,6-8H2,1-2H3. The third-order valence-corrected chi connectivity index (χ3v) is 3.33. The highest BCUT2D eigenvalue weighted by molar-refractivity contribution is 5.85. The van der Waals surface area contributed by atoms with Crippen LogP contribution in [0.2, 0.25) is 0 Å². The van der Waals surface area contributed by atoms with Crippen molar-refractivity contribution < 1.29 is 18.0 Å². The van der Waals surface area contributed by atoms with Crippen LogP contribution in [-0.2, 0) is 11.0 Å². The first-order valence-corrected chi connectivity index (χ1v) is 6.53. The van der Waals surface area contributed by atoms with Gasteiger partial charge in [0.25, 0.3) is 0 Å². The summed E-state index contributed by atoms with van der Waals surface area (Å²) in [5.74, 6) is -0.437. The Kier molecular flexibility index (Phi) is 4.36. The minimum absolute atomic E-state index is 0.188. The topological polar surface area (TPSA) is 48.5 Å². The Morgan fingerprint density at radius 2 is 2.19 bits per heavy atom. The molecule has 8 heteroatoms. The second kappa shape index (κ2) is 5.88. The molecule has 0 aromatic carbocycles. The number of carbonyl (C=O) groups is 1. The van der Waals surface area contributed by atoms with Crippen LogP contribution in [0.4, 0.5) is 19.0 Å². The Hall–Kier alpha value is -1.83. The van der Waals surface area contributed by atoms with E-state index in [4.69, 9.17) is 0 Å². The number of hydrogen-bond acceptors (Lipinski definition) is 4. The van der Waals surface area contributed by atoms with Gasteiger partial charge in [0.1, 0.15) is 11.9 Å². The fourth-order valence-electron chi connectivity index (χ4n) is 2.32. The summed E-state index contributed by atoms with van der Waals surface area (Å²) < 4.78 is 39.3. The second-order valence-electron chi connectivity index (χ2n) is 5.02. The second-order valence-corrected chi connectivity index (χ2v) is 5.02. The van der Waals surface area contributed by atoms with Crippen LogP contribution in [0, 0.1) is 0 Å². The Bertz CT molecular complexity index is 518. The molecule has 0 spiro atoms. The number of halogens is 3. The van der Waals surface area contributed by atoms with Crippen LogP contribution in [0.1, 0.15) is 5.56 Å². The number of aromatic nitrogens is 1. The van der Waals surface area contributed by atoms with E-state index in [1.165, 1.54) is 22.1 Å². The molecule has 1 atom stereocenters. The summed E-state index contributed by atoms with van der Waals surface area (Å²) in [5, 5.41) is 3.03. The number of nitrogens with one attached hydrogen (secondary N) is 1. The number of nitrogens with zero attached hydrogens (tertiary/aromatic N) is 3. The van der Waals surface area contributed by atoms with E-state index in [-0.39, 0.29) is 11.7 Å². The maximum absolute atomic E-state index is 13.1. The van der Waals surface area contributed by atoms with Gasteiger partial charge in [0.15, 0.2) is 0 Å². The molecule has 1 aromatic rings. The minimum atomic E-state index is -4.50. The van der Waals surface area contributed by atoms with Crippen molar-refractivity contribution in [1.29, 1.82) is 0 Å². The van der Waals surface area contributed by atoms with Crippen LogP contribution in [-0.4, -0.2) is 55.6 Å². The van der Waals surface area contributed by atoms with Gasteiger partial charge in [-0.15, -0.1) is 0 Å². The van der Waals surface area contributed by atoms with Gasteiger partial charge in [-0.2, -0.15) is 13.2 Å². The quantitative estimate of drug-likeness (QED) is 0.884. The minimum Gasteiger partial charge on any atom is -0.347 e. The van der Waals surface area contributed by atoms with E-state index < -0.39 is 17.8 Å². The summed E-state index contributed by atoms with van der Waals surface area (Å²) in [6, 6.07) is 1.54. The van der Waals surface area contributed by atoms with Crippen LogP contribution in [0.3, 0.4) is 0 Å². The molecule has 2 rings (SSSR count). The average molecular weight is 302 g/mol. The number of rotatable bonds is 2. The van der Waals surface area contributed by atoms with Crippen molar-refractivity contribution in [3.8, 4) is 0 Å². The number of hydrogen-bond donors (Lipinski definition) is 1. The van der Waals surface area contributed by atoms with Crippen LogP contribution in [0.15, 0.2) is 18.3 Å². The molecule has 1 aliphatic heterocycles. The zero-order valence-corrected chi connectivity index (χ0v) is 11.8. The summed E-state index contributed by atoms with van der Waals surface area (Å²) in [4.78, 5) is 18.9. The fourth-order valence-corrected chi connectivity index (χ4v) is 2.32. The van der Waals surface area contributed by atoms with Gasteiger partial charge in [0.2, 0.25) is 5.91 Å². The van der Waals surface area contributed by atoms with E-state index in [9.17, 15) is 18.0 Å². The summed E-state index contributed by atoms with van der Waals surface area (Å²) in [5.41, 5.74) is -0.816. The monoisotopic (exact) mass is 302 g/mol. The van der Waals surface area contributed by atoms with Crippen molar-refractivity contribution in [2.75, 3.05) is 38.6 Å². The van der Waals surface area contributed by atoms with Gasteiger partial charge >= 0.3 is 6.18 Å². The first-order valence-electron chi connectivity index (χ1n) is 6.53. The number of anilines is 1. The molecule has 1 saturated heterocycles. The lowest BCUT2D eigenvalue weighted by Gasteiger charge is -2.38. The van der Waals surface area contributed by atoms with Crippen LogP contribution in [0.5, 0.6) is 0 Å². The first kappa shape index (κ1) is 15.6. The number of likely N-dealkylation sites (N-methyl/N-ethyl adjacent to an activating group) is 1. The lowest BCUT2D eigenvalue weighted by molar-refractivity contribution is -0.138. The average Bonchev–Trinajstić information content (AvgIpc) is 2.45. The first-order chi connectivity index (χ1) is 9.82. The summed E-state index contributed by atoms with van der Waals surface area (Å²) in [6.45, 7) is 1.10. The molecule has 1 aliphatic rings. The maximum atomic E-state index is 13.1. The molecule has 1 fully saturated rings. The Morgan fingerprint density at radius 3 is 2.81 bits per heavy atom. The molecule has 1 N–H and O–H groups in total. The Labute approximate surface area is 120 Å². The molecular weight excluding hydrogens is 285 g/mol. The highest BCUT2D eigenvalue weighted by Gasteiger charge is 2.39. The fraction of sp³-hybridized carbons (Fsp3) is 0.538. The van der Waals surface area contributed by atoms with Crippen molar-refractivity contribution in [2.24, 2.45) is 0 Å². The molecule has 116 valence electrons. The lowest BCUT2D eigenvalue weighted by Crippen LogP contribution is -2.58. The van der Waals surface area contributed by atoms with E-state index in [1.807, 2.05) is 0 Å². The SMILES string of the molecule is CN(C)C(=O)C1CNCCN1c1ncccc1C(F)(F)F. The largest absolute Gasteiger partial charge is 0.419 e. The zero-order chi connectivity index (χ0) is 15.6.